The third-order valence-corrected chi connectivity index (χ3v) is 2.81. The minimum atomic E-state index is -0.947. The summed E-state index contributed by atoms with van der Waals surface area (Å²) in [6.45, 7) is 2.33. The van der Waals surface area contributed by atoms with Crippen LogP contribution in [0.25, 0.3) is 0 Å². The number of carboxylic acids is 1. The maximum atomic E-state index is 11.9. The van der Waals surface area contributed by atoms with E-state index < -0.39 is 5.97 Å². The fourth-order valence-corrected chi connectivity index (χ4v) is 1.99. The molecule has 2 amide bonds. The van der Waals surface area contributed by atoms with Gasteiger partial charge >= 0.3 is 12.0 Å². The summed E-state index contributed by atoms with van der Waals surface area (Å²) in [6, 6.07) is 4.30. The predicted molar refractivity (Wildman–Crippen MR) is 75.0 cm³/mol. The van der Waals surface area contributed by atoms with Crippen molar-refractivity contribution >= 4 is 40.9 Å². The summed E-state index contributed by atoms with van der Waals surface area (Å²) >= 11 is 11.6. The number of anilines is 1. The fraction of sp³-hybridized carbons (Fsp3) is 0.333. The van der Waals surface area contributed by atoms with Crippen LogP contribution in [0.15, 0.2) is 18.2 Å². The van der Waals surface area contributed by atoms with E-state index in [0.29, 0.717) is 22.3 Å². The Morgan fingerprint density at radius 2 is 1.84 bits per heavy atom. The molecule has 0 saturated heterocycles. The van der Waals surface area contributed by atoms with E-state index in [1.165, 1.54) is 4.90 Å². The Kier molecular flexibility index (Phi) is 5.92. The molecule has 0 unspecified atom stereocenters. The van der Waals surface area contributed by atoms with Crippen LogP contribution in [0.5, 0.6) is 0 Å². The van der Waals surface area contributed by atoms with Crippen molar-refractivity contribution in [3.8, 4) is 0 Å². The number of carbonyl (C=O) groups excluding carboxylic acids is 1. The first-order chi connectivity index (χ1) is 8.92. The van der Waals surface area contributed by atoms with Gasteiger partial charge in [0.15, 0.2) is 0 Å². The van der Waals surface area contributed by atoms with Gasteiger partial charge in [0.25, 0.3) is 0 Å². The maximum Gasteiger partial charge on any atom is 0.321 e. The van der Waals surface area contributed by atoms with Gasteiger partial charge in [0.05, 0.1) is 6.42 Å². The minimum absolute atomic E-state index is 0.0996. The van der Waals surface area contributed by atoms with E-state index in [1.54, 1.807) is 25.1 Å². The molecule has 1 aromatic carbocycles. The SMILES string of the molecule is CCN(CCC(=O)O)C(=O)Nc1cc(Cl)cc(Cl)c1. The molecular formula is C12H14Cl2N2O3. The number of benzene rings is 1. The zero-order valence-corrected chi connectivity index (χ0v) is 11.8. The molecule has 0 spiro atoms. The van der Waals surface area contributed by atoms with Gasteiger partial charge in [-0.2, -0.15) is 0 Å². The monoisotopic (exact) mass is 304 g/mol. The van der Waals surface area contributed by atoms with Gasteiger partial charge in [0.2, 0.25) is 0 Å². The van der Waals surface area contributed by atoms with Gasteiger partial charge in [0.1, 0.15) is 0 Å². The largest absolute Gasteiger partial charge is 0.481 e. The van der Waals surface area contributed by atoms with Gasteiger partial charge in [-0.15, -0.1) is 0 Å². The lowest BCUT2D eigenvalue weighted by Gasteiger charge is -2.20. The quantitative estimate of drug-likeness (QED) is 0.876. The van der Waals surface area contributed by atoms with Crippen molar-refractivity contribution in [3.05, 3.63) is 28.2 Å². The number of amides is 2. The molecule has 19 heavy (non-hydrogen) atoms. The molecule has 2 N–H and O–H groups in total. The zero-order valence-electron chi connectivity index (χ0n) is 10.3. The number of nitrogens with one attached hydrogen (secondary N) is 1. The van der Waals surface area contributed by atoms with Crippen LogP contribution in [0.1, 0.15) is 13.3 Å². The molecule has 0 aliphatic heterocycles. The summed E-state index contributed by atoms with van der Waals surface area (Å²) in [5.74, 6) is -0.947. The number of urea groups is 1. The van der Waals surface area contributed by atoms with Crippen LogP contribution in [0.4, 0.5) is 10.5 Å². The van der Waals surface area contributed by atoms with Crippen LogP contribution in [0, 0.1) is 0 Å². The Balaban J connectivity index is 2.68. The molecule has 0 aromatic heterocycles. The van der Waals surface area contributed by atoms with Crippen molar-refractivity contribution in [1.29, 1.82) is 0 Å². The van der Waals surface area contributed by atoms with Crippen LogP contribution < -0.4 is 5.32 Å². The Hall–Kier alpha value is -1.46. The molecule has 0 heterocycles. The fourth-order valence-electron chi connectivity index (χ4n) is 1.46. The van der Waals surface area contributed by atoms with Crippen LogP contribution >= 0.6 is 23.2 Å². The second-order valence-corrected chi connectivity index (χ2v) is 4.68. The highest BCUT2D eigenvalue weighted by atomic mass is 35.5. The molecule has 0 atom stereocenters. The second kappa shape index (κ2) is 7.21. The lowest BCUT2D eigenvalue weighted by atomic mass is 10.3. The van der Waals surface area contributed by atoms with Crippen LogP contribution in [-0.4, -0.2) is 35.1 Å². The first kappa shape index (κ1) is 15.6. The number of aliphatic carboxylic acids is 1. The molecule has 0 aliphatic carbocycles. The highest BCUT2D eigenvalue weighted by molar-refractivity contribution is 6.35. The molecule has 0 radical (unpaired) electrons. The normalized spacial score (nSPS) is 10.1. The van der Waals surface area contributed by atoms with Crippen molar-refractivity contribution in [3.63, 3.8) is 0 Å². The second-order valence-electron chi connectivity index (χ2n) is 3.81. The number of carbonyl (C=O) groups is 2. The van der Waals surface area contributed by atoms with Gasteiger partial charge in [-0.1, -0.05) is 23.2 Å². The number of hydrogen-bond acceptors (Lipinski definition) is 2. The van der Waals surface area contributed by atoms with Crippen molar-refractivity contribution < 1.29 is 14.7 Å². The van der Waals surface area contributed by atoms with Gasteiger partial charge in [-0.3, -0.25) is 4.79 Å². The maximum absolute atomic E-state index is 11.9. The molecule has 5 nitrogen and oxygen atoms in total. The van der Waals surface area contributed by atoms with E-state index in [9.17, 15) is 9.59 Å². The summed E-state index contributed by atoms with van der Waals surface area (Å²) in [5, 5.41) is 12.1. The van der Waals surface area contributed by atoms with Crippen molar-refractivity contribution in [1.82, 2.24) is 4.90 Å². The van der Waals surface area contributed by atoms with Crippen molar-refractivity contribution in [2.45, 2.75) is 13.3 Å². The molecule has 0 fully saturated rings. The molecular weight excluding hydrogens is 291 g/mol. The van der Waals surface area contributed by atoms with Crippen LogP contribution in [0.3, 0.4) is 0 Å². The third kappa shape index (κ3) is 5.36. The van der Waals surface area contributed by atoms with E-state index >= 15 is 0 Å². The van der Waals surface area contributed by atoms with Crippen molar-refractivity contribution in [2.75, 3.05) is 18.4 Å². The topological polar surface area (TPSA) is 69.6 Å². The standard InChI is InChI=1S/C12H14Cl2N2O3/c1-2-16(4-3-11(17)18)12(19)15-10-6-8(13)5-9(14)7-10/h5-7H,2-4H2,1H3,(H,15,19)(H,17,18). The smallest absolute Gasteiger partial charge is 0.321 e. The Morgan fingerprint density at radius 1 is 1.26 bits per heavy atom. The molecule has 7 heteroatoms. The van der Waals surface area contributed by atoms with Gasteiger partial charge in [-0.25, -0.2) is 4.79 Å². The Bertz CT molecular complexity index is 460. The zero-order chi connectivity index (χ0) is 14.4. The van der Waals surface area contributed by atoms with Crippen LogP contribution in [-0.2, 0) is 4.79 Å². The number of hydrogen-bond donors (Lipinski definition) is 2. The predicted octanol–water partition coefficient (Wildman–Crippen LogP) is 3.32. The van der Waals surface area contributed by atoms with Crippen molar-refractivity contribution in [2.24, 2.45) is 0 Å². The van der Waals surface area contributed by atoms with Gasteiger partial charge in [0, 0.05) is 28.8 Å². The molecule has 1 rings (SSSR count). The Morgan fingerprint density at radius 3 is 2.32 bits per heavy atom. The summed E-state index contributed by atoms with van der Waals surface area (Å²) < 4.78 is 0. The number of rotatable bonds is 5. The third-order valence-electron chi connectivity index (χ3n) is 2.38. The molecule has 104 valence electrons. The molecule has 0 aliphatic rings. The van der Waals surface area contributed by atoms with Gasteiger partial charge in [-0.05, 0) is 25.1 Å². The lowest BCUT2D eigenvalue weighted by molar-refractivity contribution is -0.137. The lowest BCUT2D eigenvalue weighted by Crippen LogP contribution is -2.36. The summed E-state index contributed by atoms with van der Waals surface area (Å²) in [4.78, 5) is 23.8. The summed E-state index contributed by atoms with van der Waals surface area (Å²) in [7, 11) is 0. The number of nitrogens with zero attached hydrogens (tertiary/aromatic N) is 1. The average Bonchev–Trinajstić information content (AvgIpc) is 2.27. The van der Waals surface area contributed by atoms with E-state index in [0.717, 1.165) is 0 Å². The van der Waals surface area contributed by atoms with E-state index in [2.05, 4.69) is 5.32 Å². The summed E-state index contributed by atoms with van der Waals surface area (Å²) in [5.41, 5.74) is 0.469. The van der Waals surface area contributed by atoms with E-state index in [4.69, 9.17) is 28.3 Å². The molecule has 0 bridgehead atoms. The molecule has 1 aromatic rings. The first-order valence-corrected chi connectivity index (χ1v) is 6.41. The number of carboxylic acid groups (broad SMARTS) is 1. The van der Waals surface area contributed by atoms with E-state index in [1.807, 2.05) is 0 Å². The number of halogens is 2. The summed E-state index contributed by atoms with van der Waals surface area (Å²) in [6.07, 6.45) is -0.0996. The van der Waals surface area contributed by atoms with Gasteiger partial charge < -0.3 is 15.3 Å². The highest BCUT2D eigenvalue weighted by Gasteiger charge is 2.13. The minimum Gasteiger partial charge on any atom is -0.481 e. The molecule has 0 saturated carbocycles. The average molecular weight is 305 g/mol. The first-order valence-electron chi connectivity index (χ1n) is 5.66. The highest BCUT2D eigenvalue weighted by Crippen LogP contribution is 2.22. The Labute approximate surface area is 121 Å². The van der Waals surface area contributed by atoms with E-state index in [-0.39, 0.29) is 19.0 Å². The van der Waals surface area contributed by atoms with Crippen LogP contribution in [0.2, 0.25) is 10.0 Å².